The lowest BCUT2D eigenvalue weighted by Crippen LogP contribution is -1.99. The second-order valence-electron chi connectivity index (χ2n) is 3.44. The van der Waals surface area contributed by atoms with Crippen LogP contribution in [0, 0.1) is 0 Å². The van der Waals surface area contributed by atoms with E-state index in [1.165, 1.54) is 0 Å². The number of hydrogen-bond acceptors (Lipinski definition) is 3. The monoisotopic (exact) mass is 201 g/mol. The van der Waals surface area contributed by atoms with Crippen LogP contribution in [0.25, 0.3) is 17.2 Å². The van der Waals surface area contributed by atoms with Crippen LogP contribution in [0.5, 0.6) is 0 Å². The van der Waals surface area contributed by atoms with E-state index in [1.54, 1.807) is 18.3 Å². The summed E-state index contributed by atoms with van der Waals surface area (Å²) in [6.07, 6.45) is 3.66. The van der Waals surface area contributed by atoms with Gasteiger partial charge in [0.25, 0.3) is 0 Å². The van der Waals surface area contributed by atoms with Crippen LogP contribution in [0.1, 0.15) is 11.3 Å². The highest BCUT2D eigenvalue weighted by atomic mass is 16.4. The summed E-state index contributed by atoms with van der Waals surface area (Å²) in [4.78, 5) is 14.9. The van der Waals surface area contributed by atoms with Gasteiger partial charge in [0.2, 0.25) is 0 Å². The summed E-state index contributed by atoms with van der Waals surface area (Å²) >= 11 is 0. The maximum atomic E-state index is 10.8. The number of carbonyl (C=O) groups is 1. The molecule has 3 rings (SSSR count). The van der Waals surface area contributed by atoms with Crippen LogP contribution in [0.4, 0.5) is 0 Å². The van der Waals surface area contributed by atoms with E-state index in [1.807, 2.05) is 6.07 Å². The maximum absolute atomic E-state index is 10.8. The predicted octanol–water partition coefficient (Wildman–Crippen LogP) is 1.85. The Kier molecular flexibility index (Phi) is 1.48. The highest BCUT2D eigenvalue weighted by molar-refractivity contribution is 5.99. The second kappa shape index (κ2) is 2.70. The number of carboxylic acid groups (broad SMARTS) is 1. The molecule has 0 fully saturated rings. The summed E-state index contributed by atoms with van der Waals surface area (Å²) in [5.41, 5.74) is 2.62. The van der Waals surface area contributed by atoms with Crippen LogP contribution in [0.3, 0.4) is 0 Å². The number of carboxylic acids is 1. The molecule has 1 aliphatic rings. The van der Waals surface area contributed by atoms with Gasteiger partial charge in [-0.25, -0.2) is 4.79 Å². The smallest absolute Gasteiger partial charge is 0.332 e. The van der Waals surface area contributed by atoms with Crippen molar-refractivity contribution in [1.29, 1.82) is 0 Å². The lowest BCUT2D eigenvalue weighted by atomic mass is 10.2. The zero-order valence-electron chi connectivity index (χ0n) is 7.73. The number of fused-ring (bicyclic) bond motifs is 3. The molecule has 0 unspecified atom stereocenters. The lowest BCUT2D eigenvalue weighted by molar-refractivity contribution is -0.132. The summed E-state index contributed by atoms with van der Waals surface area (Å²) in [5, 5.41) is 8.85. The van der Waals surface area contributed by atoms with Crippen LogP contribution in [0.15, 0.2) is 28.3 Å². The Morgan fingerprint density at radius 2 is 2.40 bits per heavy atom. The standard InChI is InChI=1S/C11H7NO3/c13-11(14)6-4-7-9(5-6)15-8-2-1-3-12-10(7)8/h1-4H,5H2,(H,13,14). The van der Waals surface area contributed by atoms with Gasteiger partial charge in [-0.15, -0.1) is 0 Å². The normalized spacial score (nSPS) is 14.0. The summed E-state index contributed by atoms with van der Waals surface area (Å²) in [5.74, 6) is -0.202. The van der Waals surface area contributed by atoms with E-state index < -0.39 is 5.97 Å². The average Bonchev–Trinajstić information content (AvgIpc) is 2.73. The van der Waals surface area contributed by atoms with Crippen molar-refractivity contribution in [2.75, 3.05) is 0 Å². The van der Waals surface area contributed by atoms with Crippen molar-refractivity contribution >= 4 is 23.1 Å². The molecule has 4 nitrogen and oxygen atoms in total. The Bertz CT molecular complexity index is 595. The fraction of sp³-hybridized carbons (Fsp3) is 0.0909. The van der Waals surface area contributed by atoms with E-state index in [9.17, 15) is 4.79 Å². The van der Waals surface area contributed by atoms with Gasteiger partial charge in [-0.05, 0) is 18.2 Å². The zero-order valence-corrected chi connectivity index (χ0v) is 7.73. The second-order valence-corrected chi connectivity index (χ2v) is 3.44. The third-order valence-electron chi connectivity index (χ3n) is 2.50. The molecule has 0 saturated heterocycles. The highest BCUT2D eigenvalue weighted by Crippen LogP contribution is 2.33. The van der Waals surface area contributed by atoms with Gasteiger partial charge in [0, 0.05) is 23.8 Å². The molecule has 0 aromatic carbocycles. The maximum Gasteiger partial charge on any atom is 0.332 e. The molecule has 2 aromatic rings. The minimum absolute atomic E-state index is 0.348. The van der Waals surface area contributed by atoms with Crippen molar-refractivity contribution < 1.29 is 14.3 Å². The van der Waals surface area contributed by atoms with Crippen molar-refractivity contribution in [3.05, 3.63) is 35.2 Å². The molecular formula is C11H7NO3. The number of pyridine rings is 1. The number of hydrogen-bond donors (Lipinski definition) is 1. The van der Waals surface area contributed by atoms with Gasteiger partial charge in [0.15, 0.2) is 5.58 Å². The molecule has 0 aliphatic heterocycles. The summed E-state index contributed by atoms with van der Waals surface area (Å²) < 4.78 is 5.51. The van der Waals surface area contributed by atoms with E-state index in [4.69, 9.17) is 9.52 Å². The molecule has 2 aromatic heterocycles. The molecular weight excluding hydrogens is 194 g/mol. The van der Waals surface area contributed by atoms with Crippen LogP contribution >= 0.6 is 0 Å². The molecule has 1 aliphatic carbocycles. The molecule has 4 heteroatoms. The van der Waals surface area contributed by atoms with Crippen LogP contribution in [-0.4, -0.2) is 16.1 Å². The van der Waals surface area contributed by atoms with Gasteiger partial charge in [0.05, 0.1) is 0 Å². The van der Waals surface area contributed by atoms with E-state index in [2.05, 4.69) is 4.98 Å². The summed E-state index contributed by atoms with van der Waals surface area (Å²) in [7, 11) is 0. The van der Waals surface area contributed by atoms with E-state index in [0.29, 0.717) is 23.3 Å². The Balaban J connectivity index is 2.25. The molecule has 0 amide bonds. The lowest BCUT2D eigenvalue weighted by Gasteiger charge is -1.91. The van der Waals surface area contributed by atoms with E-state index in [0.717, 1.165) is 11.1 Å². The van der Waals surface area contributed by atoms with Crippen LogP contribution in [0.2, 0.25) is 0 Å². The van der Waals surface area contributed by atoms with Crippen molar-refractivity contribution in [2.45, 2.75) is 6.42 Å². The molecule has 0 atom stereocenters. The first-order valence-electron chi connectivity index (χ1n) is 4.56. The summed E-state index contributed by atoms with van der Waals surface area (Å²) in [6.45, 7) is 0. The van der Waals surface area contributed by atoms with Crippen molar-refractivity contribution in [2.24, 2.45) is 0 Å². The molecule has 0 spiro atoms. The predicted molar refractivity (Wildman–Crippen MR) is 53.3 cm³/mol. The molecule has 74 valence electrons. The highest BCUT2D eigenvalue weighted by Gasteiger charge is 2.24. The molecule has 0 saturated carbocycles. The zero-order chi connectivity index (χ0) is 10.4. The molecule has 0 bridgehead atoms. The first-order valence-corrected chi connectivity index (χ1v) is 4.56. The quantitative estimate of drug-likeness (QED) is 0.764. The number of rotatable bonds is 1. The Labute approximate surface area is 84.8 Å². The van der Waals surface area contributed by atoms with Gasteiger partial charge in [-0.3, -0.25) is 4.98 Å². The SMILES string of the molecule is O=C(O)C1=Cc2c(oc3cccnc23)C1. The van der Waals surface area contributed by atoms with Crippen LogP contribution in [-0.2, 0) is 11.2 Å². The van der Waals surface area contributed by atoms with E-state index >= 15 is 0 Å². The minimum Gasteiger partial charge on any atom is -0.478 e. The Morgan fingerprint density at radius 3 is 3.20 bits per heavy atom. The first kappa shape index (κ1) is 8.23. The molecule has 15 heavy (non-hydrogen) atoms. The fourth-order valence-electron chi connectivity index (χ4n) is 1.81. The van der Waals surface area contributed by atoms with Crippen LogP contribution < -0.4 is 0 Å². The largest absolute Gasteiger partial charge is 0.478 e. The molecule has 1 N–H and O–H groups in total. The third kappa shape index (κ3) is 1.08. The minimum atomic E-state index is -0.898. The van der Waals surface area contributed by atoms with Gasteiger partial charge < -0.3 is 9.52 Å². The topological polar surface area (TPSA) is 63.3 Å². The number of aromatic nitrogens is 1. The Morgan fingerprint density at radius 1 is 1.53 bits per heavy atom. The van der Waals surface area contributed by atoms with E-state index in [-0.39, 0.29) is 0 Å². The first-order chi connectivity index (χ1) is 7.25. The van der Waals surface area contributed by atoms with Gasteiger partial charge >= 0.3 is 5.97 Å². The summed E-state index contributed by atoms with van der Waals surface area (Å²) in [6, 6.07) is 3.62. The Hall–Kier alpha value is -2.10. The fourth-order valence-corrected chi connectivity index (χ4v) is 1.81. The number of furan rings is 1. The number of nitrogens with zero attached hydrogens (tertiary/aromatic N) is 1. The van der Waals surface area contributed by atoms with Crippen molar-refractivity contribution in [3.63, 3.8) is 0 Å². The van der Waals surface area contributed by atoms with Gasteiger partial charge in [0.1, 0.15) is 11.3 Å². The third-order valence-corrected chi connectivity index (χ3v) is 2.50. The van der Waals surface area contributed by atoms with Crippen molar-refractivity contribution in [1.82, 2.24) is 4.98 Å². The average molecular weight is 201 g/mol. The molecule has 0 radical (unpaired) electrons. The van der Waals surface area contributed by atoms with Gasteiger partial charge in [-0.2, -0.15) is 0 Å². The molecule has 2 heterocycles. The van der Waals surface area contributed by atoms with Crippen molar-refractivity contribution in [3.8, 4) is 0 Å². The van der Waals surface area contributed by atoms with Gasteiger partial charge in [-0.1, -0.05) is 0 Å². The number of aliphatic carboxylic acids is 1.